The maximum atomic E-state index is 2.40. The Labute approximate surface area is 357 Å². The second-order valence-corrected chi connectivity index (χ2v) is 15.6. The second kappa shape index (κ2) is 15.6. The van der Waals surface area contributed by atoms with Crippen molar-refractivity contribution in [2.75, 3.05) is 4.90 Å². The largest absolute Gasteiger partial charge is 0.310 e. The molecular formula is C60H41N. The lowest BCUT2D eigenvalue weighted by Crippen LogP contribution is -2.10. The maximum absolute atomic E-state index is 2.40. The van der Waals surface area contributed by atoms with Crippen molar-refractivity contribution in [3.63, 3.8) is 0 Å². The molecule has 0 bridgehead atoms. The van der Waals surface area contributed by atoms with E-state index < -0.39 is 0 Å². The summed E-state index contributed by atoms with van der Waals surface area (Å²) >= 11 is 0. The molecule has 0 heterocycles. The molecule has 0 radical (unpaired) electrons. The van der Waals surface area contributed by atoms with Crippen molar-refractivity contribution in [3.05, 3.63) is 249 Å². The average molecular weight is 776 g/mol. The van der Waals surface area contributed by atoms with Crippen molar-refractivity contribution >= 4 is 49.4 Å². The first-order valence-corrected chi connectivity index (χ1v) is 21.0. The minimum Gasteiger partial charge on any atom is -0.310 e. The topological polar surface area (TPSA) is 3.24 Å². The Balaban J connectivity index is 1.04. The van der Waals surface area contributed by atoms with Gasteiger partial charge in [-0.25, -0.2) is 0 Å². The molecule has 0 aliphatic heterocycles. The number of hydrogen-bond acceptors (Lipinski definition) is 1. The summed E-state index contributed by atoms with van der Waals surface area (Å²) in [5.74, 6) is 0. The van der Waals surface area contributed by atoms with Crippen LogP contribution in [0, 0.1) is 0 Å². The van der Waals surface area contributed by atoms with Gasteiger partial charge in [-0.15, -0.1) is 0 Å². The monoisotopic (exact) mass is 775 g/mol. The summed E-state index contributed by atoms with van der Waals surface area (Å²) in [5, 5.41) is 7.46. The molecule has 1 heteroatoms. The summed E-state index contributed by atoms with van der Waals surface area (Å²) in [6.45, 7) is 0. The normalized spacial score (nSPS) is 11.3. The van der Waals surface area contributed by atoms with Crippen LogP contribution in [-0.2, 0) is 0 Å². The molecule has 0 saturated heterocycles. The summed E-state index contributed by atoms with van der Waals surface area (Å²) < 4.78 is 0. The molecular weight excluding hydrogens is 735 g/mol. The third-order valence-electron chi connectivity index (χ3n) is 12.1. The minimum atomic E-state index is 1.10. The van der Waals surface area contributed by atoms with E-state index in [0.29, 0.717) is 0 Å². The maximum Gasteiger partial charge on any atom is 0.0540 e. The molecule has 0 amide bonds. The van der Waals surface area contributed by atoms with Crippen LogP contribution in [0.15, 0.2) is 249 Å². The zero-order valence-electron chi connectivity index (χ0n) is 33.6. The van der Waals surface area contributed by atoms with Crippen LogP contribution in [0.3, 0.4) is 0 Å². The predicted octanol–water partition coefficient (Wildman–Crippen LogP) is 17.0. The molecule has 0 spiro atoms. The van der Waals surface area contributed by atoms with Crippen molar-refractivity contribution < 1.29 is 0 Å². The molecule has 1 nitrogen and oxygen atoms in total. The molecule has 0 fully saturated rings. The predicted molar refractivity (Wildman–Crippen MR) is 261 cm³/mol. The Kier molecular flexibility index (Phi) is 9.26. The zero-order valence-corrected chi connectivity index (χ0v) is 33.6. The highest BCUT2D eigenvalue weighted by Gasteiger charge is 2.20. The Morgan fingerprint density at radius 2 is 0.639 bits per heavy atom. The fourth-order valence-electron chi connectivity index (χ4n) is 9.21. The van der Waals surface area contributed by atoms with Gasteiger partial charge in [-0.05, 0) is 119 Å². The van der Waals surface area contributed by atoms with Crippen LogP contribution in [0.25, 0.3) is 88.0 Å². The Morgan fingerprint density at radius 1 is 0.230 bits per heavy atom. The lowest BCUT2D eigenvalue weighted by Gasteiger charge is -2.27. The number of benzene rings is 11. The molecule has 0 N–H and O–H groups in total. The Morgan fingerprint density at radius 3 is 1.21 bits per heavy atom. The van der Waals surface area contributed by atoms with Gasteiger partial charge in [-0.2, -0.15) is 0 Å². The van der Waals surface area contributed by atoms with Gasteiger partial charge in [-0.1, -0.05) is 212 Å². The lowest BCUT2D eigenvalue weighted by molar-refractivity contribution is 1.30. The second-order valence-electron chi connectivity index (χ2n) is 15.6. The molecule has 0 aromatic heterocycles. The SMILES string of the molecule is c1ccc(-c2ccc(-c3ccc(N(c4ccc(-c5c(-c6ccccc6)c6ccccc6c6ccccc56)cc4)c4cccc5ccccc45)cc3)cc2-c2ccccc2)cc1. The summed E-state index contributed by atoms with van der Waals surface area (Å²) in [6.07, 6.45) is 0. The standard InChI is InChI=1S/C60H41N/c1-4-17-43(18-5-1)51-40-35-48(41-57(51)45-19-6-2-7-20-45)42-31-36-49(37-32-42)61(58-30-16-24-44-21-10-11-25-52(44)58)50-38-33-47(34-39-50)60-56-29-15-13-27-54(56)53-26-12-14-28-55(53)59(60)46-22-8-3-9-23-46/h1-41H. The van der Waals surface area contributed by atoms with Crippen molar-refractivity contribution in [1.29, 1.82) is 0 Å². The first-order valence-electron chi connectivity index (χ1n) is 21.0. The van der Waals surface area contributed by atoms with Crippen molar-refractivity contribution in [3.8, 4) is 55.6 Å². The van der Waals surface area contributed by atoms with Gasteiger partial charge < -0.3 is 4.90 Å². The highest BCUT2D eigenvalue weighted by molar-refractivity contribution is 6.21. The van der Waals surface area contributed by atoms with Gasteiger partial charge in [0.2, 0.25) is 0 Å². The third kappa shape index (κ3) is 6.63. The molecule has 0 atom stereocenters. The Hall–Kier alpha value is -8.00. The van der Waals surface area contributed by atoms with Gasteiger partial charge in [0.25, 0.3) is 0 Å². The molecule has 0 unspecified atom stereocenters. The fourth-order valence-corrected chi connectivity index (χ4v) is 9.21. The van der Waals surface area contributed by atoms with Crippen molar-refractivity contribution in [2.45, 2.75) is 0 Å². The van der Waals surface area contributed by atoms with Gasteiger partial charge in [-0.3, -0.25) is 0 Å². The molecule has 0 aliphatic carbocycles. The molecule has 11 rings (SSSR count). The van der Waals surface area contributed by atoms with E-state index in [4.69, 9.17) is 0 Å². The molecule has 11 aromatic carbocycles. The highest BCUT2D eigenvalue weighted by atomic mass is 15.1. The number of fused-ring (bicyclic) bond motifs is 4. The van der Waals surface area contributed by atoms with Crippen molar-refractivity contribution in [1.82, 2.24) is 0 Å². The summed E-state index contributed by atoms with van der Waals surface area (Å²) in [7, 11) is 0. The van der Waals surface area contributed by atoms with Crippen LogP contribution >= 0.6 is 0 Å². The lowest BCUT2D eigenvalue weighted by atomic mass is 9.85. The van der Waals surface area contributed by atoms with E-state index in [2.05, 4.69) is 254 Å². The van der Waals surface area contributed by atoms with Gasteiger partial charge in [0.05, 0.1) is 5.69 Å². The van der Waals surface area contributed by atoms with E-state index in [9.17, 15) is 0 Å². The highest BCUT2D eigenvalue weighted by Crippen LogP contribution is 2.46. The molecule has 11 aromatic rings. The number of rotatable bonds is 8. The molecule has 61 heavy (non-hydrogen) atoms. The minimum absolute atomic E-state index is 1.10. The van der Waals surface area contributed by atoms with E-state index in [1.807, 2.05) is 0 Å². The van der Waals surface area contributed by atoms with Crippen LogP contribution < -0.4 is 4.90 Å². The smallest absolute Gasteiger partial charge is 0.0540 e. The van der Waals surface area contributed by atoms with E-state index in [1.165, 1.54) is 88.0 Å². The zero-order chi connectivity index (χ0) is 40.5. The van der Waals surface area contributed by atoms with Gasteiger partial charge in [0, 0.05) is 16.8 Å². The molecule has 0 saturated carbocycles. The number of anilines is 3. The summed E-state index contributed by atoms with van der Waals surface area (Å²) in [5.41, 5.74) is 15.5. The summed E-state index contributed by atoms with van der Waals surface area (Å²) in [6, 6.07) is 90.3. The number of nitrogens with zero attached hydrogens (tertiary/aromatic N) is 1. The van der Waals surface area contributed by atoms with E-state index >= 15 is 0 Å². The van der Waals surface area contributed by atoms with E-state index in [-0.39, 0.29) is 0 Å². The van der Waals surface area contributed by atoms with Crippen LogP contribution in [-0.4, -0.2) is 0 Å². The van der Waals surface area contributed by atoms with Crippen LogP contribution in [0.2, 0.25) is 0 Å². The summed E-state index contributed by atoms with van der Waals surface area (Å²) in [4.78, 5) is 2.40. The quantitative estimate of drug-likeness (QED) is 0.139. The first-order chi connectivity index (χ1) is 30.3. The van der Waals surface area contributed by atoms with Gasteiger partial charge in [0.15, 0.2) is 0 Å². The van der Waals surface area contributed by atoms with Gasteiger partial charge >= 0.3 is 0 Å². The first kappa shape index (κ1) is 36.1. The Bertz CT molecular complexity index is 3310. The van der Waals surface area contributed by atoms with Crippen LogP contribution in [0.1, 0.15) is 0 Å². The molecule has 286 valence electrons. The van der Waals surface area contributed by atoms with Crippen LogP contribution in [0.5, 0.6) is 0 Å². The van der Waals surface area contributed by atoms with Crippen molar-refractivity contribution in [2.24, 2.45) is 0 Å². The number of hydrogen-bond donors (Lipinski definition) is 0. The van der Waals surface area contributed by atoms with E-state index in [0.717, 1.165) is 17.1 Å². The fraction of sp³-hybridized carbons (Fsp3) is 0. The molecule has 0 aliphatic rings. The average Bonchev–Trinajstić information content (AvgIpc) is 3.35. The van der Waals surface area contributed by atoms with Crippen LogP contribution in [0.4, 0.5) is 17.1 Å². The van der Waals surface area contributed by atoms with E-state index in [1.54, 1.807) is 0 Å². The van der Waals surface area contributed by atoms with Gasteiger partial charge in [0.1, 0.15) is 0 Å². The third-order valence-corrected chi connectivity index (χ3v) is 12.1.